The normalized spacial score (nSPS) is 12.6. The molecule has 0 aromatic carbocycles. The molecule has 0 N–H and O–H groups in total. The van der Waals surface area contributed by atoms with Gasteiger partial charge < -0.3 is 0 Å². The Labute approximate surface area is 122 Å². The van der Waals surface area contributed by atoms with Crippen LogP contribution in [0.5, 0.6) is 0 Å². The van der Waals surface area contributed by atoms with E-state index in [9.17, 15) is 4.79 Å². The molecule has 1 nitrogen and oxygen atoms in total. The highest BCUT2D eigenvalue weighted by molar-refractivity contribution is 7.00. The highest BCUT2D eigenvalue weighted by Gasteiger charge is 2.49. The number of rotatable bonds is 9. The van der Waals surface area contributed by atoms with Gasteiger partial charge in [0.15, 0.2) is 0 Å². The van der Waals surface area contributed by atoms with Crippen LogP contribution in [0.25, 0.3) is 0 Å². The second kappa shape index (κ2) is 8.23. The van der Waals surface area contributed by atoms with E-state index >= 15 is 0 Å². The molecular formula is C16H34OSi2. The standard InChI is InChI=1S/C16H34OSi2/c1-8-18(9-2,10-3)16(15(7)14-17)19(11-4,12-5)13-6/h16H,8-13H2,1-7H3. The first-order valence-electron chi connectivity index (χ1n) is 8.18. The van der Waals surface area contributed by atoms with E-state index in [1.165, 1.54) is 36.3 Å². The molecule has 0 aliphatic carbocycles. The van der Waals surface area contributed by atoms with Crippen molar-refractivity contribution in [2.24, 2.45) is 0 Å². The van der Waals surface area contributed by atoms with Crippen molar-refractivity contribution < 1.29 is 4.79 Å². The maximum Gasteiger partial charge on any atom is 0.122 e. The third-order valence-corrected chi connectivity index (χ3v) is 21.5. The lowest BCUT2D eigenvalue weighted by molar-refractivity contribution is 0.566. The highest BCUT2D eigenvalue weighted by atomic mass is 28.4. The Morgan fingerprint density at radius 1 is 0.789 bits per heavy atom. The van der Waals surface area contributed by atoms with Crippen molar-refractivity contribution in [3.05, 3.63) is 5.57 Å². The summed E-state index contributed by atoms with van der Waals surface area (Å²) in [5.74, 6) is 2.32. The van der Waals surface area contributed by atoms with E-state index in [2.05, 4.69) is 54.4 Å². The molecule has 19 heavy (non-hydrogen) atoms. The Kier molecular flexibility index (Phi) is 8.18. The first-order valence-corrected chi connectivity index (χ1v) is 13.6. The monoisotopic (exact) mass is 298 g/mol. The van der Waals surface area contributed by atoms with Crippen LogP contribution < -0.4 is 0 Å². The third-order valence-electron chi connectivity index (χ3n) is 6.04. The molecule has 0 aliphatic rings. The van der Waals surface area contributed by atoms with Gasteiger partial charge in [0.1, 0.15) is 5.94 Å². The predicted octanol–water partition coefficient (Wildman–Crippen LogP) is 5.69. The van der Waals surface area contributed by atoms with Gasteiger partial charge in [-0.15, -0.1) is 0 Å². The Morgan fingerprint density at radius 3 is 1.21 bits per heavy atom. The van der Waals surface area contributed by atoms with Crippen LogP contribution in [-0.4, -0.2) is 22.1 Å². The van der Waals surface area contributed by atoms with Gasteiger partial charge in [0.05, 0.1) is 16.1 Å². The summed E-state index contributed by atoms with van der Waals surface area (Å²) in [7, 11) is -2.73. The molecule has 0 fully saturated rings. The van der Waals surface area contributed by atoms with E-state index in [1.807, 2.05) is 0 Å². The van der Waals surface area contributed by atoms with Gasteiger partial charge in [0, 0.05) is 5.57 Å². The van der Waals surface area contributed by atoms with Crippen molar-refractivity contribution in [2.45, 2.75) is 89.9 Å². The Balaban J connectivity index is 6.01. The topological polar surface area (TPSA) is 17.1 Å². The zero-order valence-electron chi connectivity index (χ0n) is 14.2. The van der Waals surface area contributed by atoms with Crippen LogP contribution in [0.2, 0.25) is 41.4 Å². The van der Waals surface area contributed by atoms with Crippen LogP contribution in [0.1, 0.15) is 48.5 Å². The molecule has 0 amide bonds. The maximum atomic E-state index is 11.4. The lowest BCUT2D eigenvalue weighted by Crippen LogP contribution is -2.53. The van der Waals surface area contributed by atoms with E-state index in [-0.39, 0.29) is 0 Å². The second-order valence-corrected chi connectivity index (χ2v) is 17.5. The van der Waals surface area contributed by atoms with Gasteiger partial charge in [-0.3, -0.25) is 0 Å². The number of allylic oxidation sites excluding steroid dienone is 1. The van der Waals surface area contributed by atoms with Gasteiger partial charge in [-0.05, 0) is 12.1 Å². The van der Waals surface area contributed by atoms with Crippen LogP contribution in [0.4, 0.5) is 0 Å². The fourth-order valence-corrected chi connectivity index (χ4v) is 20.6. The summed E-state index contributed by atoms with van der Waals surface area (Å²) in [4.78, 5) is 11.4. The van der Waals surface area contributed by atoms with E-state index in [0.717, 1.165) is 5.57 Å². The number of carbonyl (C=O) groups excluding carboxylic acids is 1. The molecule has 0 radical (unpaired) electrons. The Hall–Kier alpha value is -0.116. The van der Waals surface area contributed by atoms with E-state index < -0.39 is 16.1 Å². The summed E-state index contributed by atoms with van der Waals surface area (Å²) in [6.45, 7) is 16.3. The molecule has 0 saturated carbocycles. The third kappa shape index (κ3) is 3.50. The molecular weight excluding hydrogens is 264 g/mol. The van der Waals surface area contributed by atoms with E-state index in [4.69, 9.17) is 0 Å². The summed E-state index contributed by atoms with van der Waals surface area (Å²) in [6.07, 6.45) is 0. The second-order valence-electron chi connectivity index (χ2n) is 6.06. The van der Waals surface area contributed by atoms with Crippen molar-refractivity contribution in [3.63, 3.8) is 0 Å². The fourth-order valence-electron chi connectivity index (χ4n) is 4.35. The van der Waals surface area contributed by atoms with E-state index in [0.29, 0.717) is 5.16 Å². The molecule has 0 aromatic heterocycles. The first kappa shape index (κ1) is 18.9. The van der Waals surface area contributed by atoms with Crippen molar-refractivity contribution >= 4 is 22.1 Å². The Bertz CT molecular complexity index is 274. The quantitative estimate of drug-likeness (QED) is 0.395. The lowest BCUT2D eigenvalue weighted by atomic mass is 10.4. The summed E-state index contributed by atoms with van der Waals surface area (Å²) in [6, 6.07) is 7.91. The van der Waals surface area contributed by atoms with Crippen LogP contribution in [-0.2, 0) is 4.79 Å². The van der Waals surface area contributed by atoms with Crippen LogP contribution in [0.3, 0.4) is 0 Å². The maximum absolute atomic E-state index is 11.4. The van der Waals surface area contributed by atoms with Gasteiger partial charge >= 0.3 is 0 Å². The average molecular weight is 299 g/mol. The molecule has 0 unspecified atom stereocenters. The predicted molar refractivity (Wildman–Crippen MR) is 93.0 cm³/mol. The van der Waals surface area contributed by atoms with Gasteiger partial charge in [-0.25, -0.2) is 4.79 Å². The molecule has 0 saturated heterocycles. The average Bonchev–Trinajstić information content (AvgIpc) is 2.48. The smallest absolute Gasteiger partial charge is 0.122 e. The summed E-state index contributed by atoms with van der Waals surface area (Å²) < 4.78 is 0. The SMILES string of the molecule is CC[Si](CC)(CC)C(C(C)=C=O)[Si](CC)(CC)CC. The molecule has 0 aromatic rings. The molecule has 0 atom stereocenters. The molecule has 0 bridgehead atoms. The molecule has 0 aliphatic heterocycles. The van der Waals surface area contributed by atoms with Gasteiger partial charge in [-0.2, -0.15) is 0 Å². The van der Waals surface area contributed by atoms with Crippen molar-refractivity contribution in [3.8, 4) is 0 Å². The summed E-state index contributed by atoms with van der Waals surface area (Å²) in [5.41, 5.74) is 1.06. The largest absolute Gasteiger partial charge is 0.234 e. The number of hydrogen-bond acceptors (Lipinski definition) is 1. The number of hydrogen-bond donors (Lipinski definition) is 0. The highest BCUT2D eigenvalue weighted by Crippen LogP contribution is 2.48. The molecule has 0 rings (SSSR count). The first-order chi connectivity index (χ1) is 8.97. The minimum Gasteiger partial charge on any atom is -0.234 e. The van der Waals surface area contributed by atoms with Gasteiger partial charge in [0.2, 0.25) is 0 Å². The molecule has 0 heterocycles. The zero-order chi connectivity index (χ0) is 15.1. The zero-order valence-corrected chi connectivity index (χ0v) is 16.2. The van der Waals surface area contributed by atoms with Crippen molar-refractivity contribution in [1.29, 1.82) is 0 Å². The minimum atomic E-state index is -1.37. The summed E-state index contributed by atoms with van der Waals surface area (Å²) in [5, 5.41) is 0.650. The molecule has 3 heteroatoms. The summed E-state index contributed by atoms with van der Waals surface area (Å²) >= 11 is 0. The van der Waals surface area contributed by atoms with Gasteiger partial charge in [0.25, 0.3) is 0 Å². The van der Waals surface area contributed by atoms with Crippen LogP contribution in [0.15, 0.2) is 5.57 Å². The van der Waals surface area contributed by atoms with Crippen LogP contribution >= 0.6 is 0 Å². The van der Waals surface area contributed by atoms with Crippen LogP contribution in [0, 0.1) is 0 Å². The van der Waals surface area contributed by atoms with Gasteiger partial charge in [-0.1, -0.05) is 77.8 Å². The van der Waals surface area contributed by atoms with Crippen molar-refractivity contribution in [2.75, 3.05) is 0 Å². The Morgan fingerprint density at radius 2 is 1.05 bits per heavy atom. The minimum absolute atomic E-state index is 0.650. The van der Waals surface area contributed by atoms with Crippen molar-refractivity contribution in [1.82, 2.24) is 0 Å². The molecule has 0 spiro atoms. The van der Waals surface area contributed by atoms with E-state index in [1.54, 1.807) is 0 Å². The fraction of sp³-hybridized carbons (Fsp3) is 0.875. The molecule has 112 valence electrons. The lowest BCUT2D eigenvalue weighted by Gasteiger charge is -2.48.